The predicted molar refractivity (Wildman–Crippen MR) is 38.2 cm³/mol. The van der Waals surface area contributed by atoms with Crippen LogP contribution in [-0.4, -0.2) is 11.5 Å². The molecule has 4 heteroatoms. The molecule has 1 aliphatic heterocycles. The first-order valence-corrected chi connectivity index (χ1v) is 3.00. The normalized spacial score (nSPS) is 26.3. The van der Waals surface area contributed by atoms with Gasteiger partial charge in [0.15, 0.2) is 6.29 Å². The van der Waals surface area contributed by atoms with E-state index in [1.54, 1.807) is 6.08 Å². The molecule has 0 bridgehead atoms. The lowest BCUT2D eigenvalue weighted by molar-refractivity contribution is 0.610. The minimum Gasteiger partial charge on any atom is -0.355 e. The number of halogens is 1. The molecule has 50 valence electrons. The minimum absolute atomic E-state index is 0.373. The highest BCUT2D eigenvalue weighted by Gasteiger charge is 2.04. The van der Waals surface area contributed by atoms with Gasteiger partial charge in [-0.25, -0.2) is 4.99 Å². The van der Waals surface area contributed by atoms with Gasteiger partial charge in [-0.2, -0.15) is 0 Å². The van der Waals surface area contributed by atoms with E-state index < -0.39 is 0 Å². The fourth-order valence-corrected chi connectivity index (χ4v) is 0.925. The van der Waals surface area contributed by atoms with E-state index in [2.05, 4.69) is 10.3 Å². The Morgan fingerprint density at radius 2 is 2.56 bits per heavy atom. The van der Waals surface area contributed by atoms with Crippen LogP contribution in [0, 0.1) is 0 Å². The topological polar surface area (TPSA) is 50.4 Å². The Morgan fingerprint density at radius 3 is 3.00 bits per heavy atom. The van der Waals surface area contributed by atoms with Crippen molar-refractivity contribution in [3.63, 3.8) is 0 Å². The fourth-order valence-electron chi connectivity index (χ4n) is 0.656. The largest absolute Gasteiger partial charge is 0.355 e. The molecule has 1 unspecified atom stereocenters. The van der Waals surface area contributed by atoms with Crippen LogP contribution in [-0.2, 0) is 0 Å². The maximum absolute atomic E-state index is 5.56. The number of aliphatic imine (C=N–C) groups is 1. The first-order chi connectivity index (χ1) is 4.18. The molecule has 0 saturated heterocycles. The average molecular weight is 146 g/mol. The van der Waals surface area contributed by atoms with Crippen LogP contribution in [0.15, 0.2) is 16.8 Å². The fraction of sp³-hybridized carbons (Fsp3) is 0.400. The summed E-state index contributed by atoms with van der Waals surface area (Å²) in [5.41, 5.74) is 6.34. The molecule has 1 heterocycles. The summed E-state index contributed by atoms with van der Waals surface area (Å²) >= 11 is 5.56. The third-order valence-corrected chi connectivity index (χ3v) is 1.18. The molecule has 0 spiro atoms. The number of hydrogen-bond donors (Lipinski definition) is 2. The van der Waals surface area contributed by atoms with Crippen LogP contribution < -0.4 is 11.1 Å². The molecular formula is C5H8ClN3. The molecule has 0 aromatic heterocycles. The van der Waals surface area contributed by atoms with Crippen molar-refractivity contribution >= 4 is 16.8 Å². The van der Waals surface area contributed by atoms with Crippen molar-refractivity contribution in [1.82, 2.24) is 5.32 Å². The van der Waals surface area contributed by atoms with Crippen molar-refractivity contribution in [2.24, 2.45) is 10.7 Å². The van der Waals surface area contributed by atoms with Crippen molar-refractivity contribution in [2.75, 3.05) is 0 Å². The maximum Gasteiger partial charge on any atom is 0.172 e. The van der Waals surface area contributed by atoms with Gasteiger partial charge in [0.2, 0.25) is 0 Å². The molecule has 3 nitrogen and oxygen atoms in total. The molecule has 1 rings (SSSR count). The zero-order valence-corrected chi connectivity index (χ0v) is 5.81. The van der Waals surface area contributed by atoms with Gasteiger partial charge in [0.05, 0.1) is 0 Å². The first-order valence-electron chi connectivity index (χ1n) is 2.62. The number of rotatable bonds is 0. The maximum atomic E-state index is 5.56. The molecule has 0 fully saturated rings. The summed E-state index contributed by atoms with van der Waals surface area (Å²) in [6.45, 7) is 1.89. The second-order valence-corrected chi connectivity index (χ2v) is 2.26. The Balaban J connectivity index is 2.74. The van der Waals surface area contributed by atoms with Gasteiger partial charge in [-0.15, -0.1) is 0 Å². The molecule has 0 aliphatic carbocycles. The van der Waals surface area contributed by atoms with E-state index in [1.165, 1.54) is 0 Å². The van der Waals surface area contributed by atoms with E-state index in [0.29, 0.717) is 5.17 Å². The number of allylic oxidation sites excluding steroid dienone is 2. The highest BCUT2D eigenvalue weighted by molar-refractivity contribution is 6.68. The van der Waals surface area contributed by atoms with E-state index in [-0.39, 0.29) is 6.29 Å². The van der Waals surface area contributed by atoms with E-state index in [0.717, 1.165) is 5.70 Å². The molecule has 3 N–H and O–H groups in total. The highest BCUT2D eigenvalue weighted by Crippen LogP contribution is 2.01. The third kappa shape index (κ3) is 1.69. The van der Waals surface area contributed by atoms with Crippen LogP contribution in [0.1, 0.15) is 6.92 Å². The van der Waals surface area contributed by atoms with Crippen LogP contribution in [0.5, 0.6) is 0 Å². The summed E-state index contributed by atoms with van der Waals surface area (Å²) in [6.07, 6.45) is 1.35. The standard InChI is InChI=1S/C5H8ClN3/c1-3-2-4(6)9-5(7)8-3/h2,5,8H,7H2,1H3. The lowest BCUT2D eigenvalue weighted by Gasteiger charge is -2.14. The molecule has 1 aliphatic rings. The zero-order chi connectivity index (χ0) is 6.85. The van der Waals surface area contributed by atoms with Crippen molar-refractivity contribution in [3.8, 4) is 0 Å². The van der Waals surface area contributed by atoms with Gasteiger partial charge in [-0.1, -0.05) is 11.6 Å². The Bertz CT molecular complexity index is 173. The summed E-state index contributed by atoms with van der Waals surface area (Å²) in [4.78, 5) is 3.81. The van der Waals surface area contributed by atoms with Crippen molar-refractivity contribution in [3.05, 3.63) is 11.8 Å². The molecule has 0 aromatic carbocycles. The van der Waals surface area contributed by atoms with Gasteiger partial charge >= 0.3 is 0 Å². The van der Waals surface area contributed by atoms with Gasteiger partial charge < -0.3 is 5.32 Å². The van der Waals surface area contributed by atoms with Crippen LogP contribution >= 0.6 is 11.6 Å². The van der Waals surface area contributed by atoms with Crippen LogP contribution in [0.25, 0.3) is 0 Å². The monoisotopic (exact) mass is 145 g/mol. The lowest BCUT2D eigenvalue weighted by Crippen LogP contribution is -2.37. The van der Waals surface area contributed by atoms with Gasteiger partial charge in [-0.05, 0) is 13.0 Å². The number of nitrogens with one attached hydrogen (secondary N) is 1. The Hall–Kier alpha value is -0.540. The summed E-state index contributed by atoms with van der Waals surface area (Å²) in [5, 5.41) is 3.33. The molecule has 0 aromatic rings. The number of nitrogens with zero attached hydrogens (tertiary/aromatic N) is 1. The Morgan fingerprint density at radius 1 is 1.89 bits per heavy atom. The van der Waals surface area contributed by atoms with Crippen LogP contribution in [0.4, 0.5) is 0 Å². The molecular weight excluding hydrogens is 138 g/mol. The predicted octanol–water partition coefficient (Wildman–Crippen LogP) is 0.373. The van der Waals surface area contributed by atoms with Crippen LogP contribution in [0.2, 0.25) is 0 Å². The van der Waals surface area contributed by atoms with Crippen molar-refractivity contribution < 1.29 is 0 Å². The average Bonchev–Trinajstić information content (AvgIpc) is 1.59. The molecule has 9 heavy (non-hydrogen) atoms. The number of hydrogen-bond acceptors (Lipinski definition) is 3. The van der Waals surface area contributed by atoms with Crippen LogP contribution in [0.3, 0.4) is 0 Å². The zero-order valence-electron chi connectivity index (χ0n) is 5.06. The van der Waals surface area contributed by atoms with E-state index in [4.69, 9.17) is 17.3 Å². The molecule has 0 radical (unpaired) electrons. The van der Waals surface area contributed by atoms with Gasteiger partial charge in [0, 0.05) is 5.70 Å². The quantitative estimate of drug-likeness (QED) is 0.518. The molecule has 0 saturated carbocycles. The summed E-state index contributed by atoms with van der Waals surface area (Å²) < 4.78 is 0. The Kier molecular flexibility index (Phi) is 1.73. The van der Waals surface area contributed by atoms with Crippen molar-refractivity contribution in [2.45, 2.75) is 13.2 Å². The molecule has 1 atom stereocenters. The van der Waals surface area contributed by atoms with Crippen molar-refractivity contribution in [1.29, 1.82) is 0 Å². The summed E-state index contributed by atoms with van der Waals surface area (Å²) in [7, 11) is 0. The van der Waals surface area contributed by atoms with E-state index in [9.17, 15) is 0 Å². The Labute approximate surface area is 58.6 Å². The second kappa shape index (κ2) is 2.37. The summed E-state index contributed by atoms with van der Waals surface area (Å²) in [5.74, 6) is 0. The van der Waals surface area contributed by atoms with Gasteiger partial charge in [-0.3, -0.25) is 5.73 Å². The smallest absolute Gasteiger partial charge is 0.172 e. The van der Waals surface area contributed by atoms with E-state index >= 15 is 0 Å². The highest BCUT2D eigenvalue weighted by atomic mass is 35.5. The van der Waals surface area contributed by atoms with Gasteiger partial charge in [0.25, 0.3) is 0 Å². The second-order valence-electron chi connectivity index (χ2n) is 1.87. The SMILES string of the molecule is CC1=CC(Cl)=NC(N)N1. The molecule has 0 amide bonds. The van der Waals surface area contributed by atoms with E-state index in [1.807, 2.05) is 6.92 Å². The van der Waals surface area contributed by atoms with Gasteiger partial charge in [0.1, 0.15) is 5.17 Å². The minimum atomic E-state index is -0.373. The lowest BCUT2D eigenvalue weighted by atomic mass is 10.4. The third-order valence-electron chi connectivity index (χ3n) is 0.974. The summed E-state index contributed by atoms with van der Waals surface area (Å²) in [6, 6.07) is 0. The first kappa shape index (κ1) is 6.58. The number of nitrogens with two attached hydrogens (primary N) is 1.